The molecule has 0 aromatic heterocycles. The third-order valence-corrected chi connectivity index (χ3v) is 8.45. The molecule has 8 nitrogen and oxygen atoms in total. The number of ether oxygens (including phenoxy) is 1. The lowest BCUT2D eigenvalue weighted by atomic mass is 9.70. The Kier molecular flexibility index (Phi) is 9.62. The third-order valence-electron chi connectivity index (χ3n) is 8.45. The van der Waals surface area contributed by atoms with Gasteiger partial charge in [0.2, 0.25) is 17.7 Å². The Balaban J connectivity index is 1.67. The van der Waals surface area contributed by atoms with Crippen LogP contribution in [0.2, 0.25) is 0 Å². The maximum Gasteiger partial charge on any atom is 0.248 e. The molecule has 0 saturated carbocycles. The summed E-state index contributed by atoms with van der Waals surface area (Å²) >= 11 is 0. The largest absolute Gasteiger partial charge is 0.396 e. The number of hydrogen-bond acceptors (Lipinski definition) is 5. The second-order valence-corrected chi connectivity index (χ2v) is 10.9. The number of amides is 3. The highest BCUT2D eigenvalue weighted by Gasteiger charge is 2.74. The first-order chi connectivity index (χ1) is 18.9. The van der Waals surface area contributed by atoms with Crippen LogP contribution >= 0.6 is 0 Å². The van der Waals surface area contributed by atoms with Crippen LogP contribution in [0.25, 0.3) is 0 Å². The number of carbonyl (C=O) groups is 3. The fourth-order valence-electron chi connectivity index (χ4n) is 6.72. The molecule has 2 unspecified atom stereocenters. The highest BCUT2D eigenvalue weighted by Crippen LogP contribution is 2.59. The van der Waals surface area contributed by atoms with Crippen LogP contribution in [-0.4, -0.2) is 88.1 Å². The molecule has 3 heterocycles. The summed E-state index contributed by atoms with van der Waals surface area (Å²) in [5.41, 5.74) is -0.0183. The van der Waals surface area contributed by atoms with Crippen molar-refractivity contribution in [3.05, 3.63) is 61.2 Å². The molecule has 4 rings (SSSR count). The Hall–Kier alpha value is -2.97. The smallest absolute Gasteiger partial charge is 0.248 e. The van der Waals surface area contributed by atoms with Gasteiger partial charge >= 0.3 is 0 Å². The molecule has 0 aliphatic carbocycles. The second-order valence-electron chi connectivity index (χ2n) is 10.9. The molecule has 1 spiro atoms. The van der Waals surface area contributed by atoms with Gasteiger partial charge in [0.1, 0.15) is 11.6 Å². The third kappa shape index (κ3) is 5.54. The van der Waals surface area contributed by atoms with Gasteiger partial charge in [0, 0.05) is 39.3 Å². The first kappa shape index (κ1) is 29.0. The van der Waals surface area contributed by atoms with Crippen LogP contribution in [0.1, 0.15) is 51.0 Å². The topological polar surface area (TPSA) is 90.4 Å². The van der Waals surface area contributed by atoms with E-state index in [9.17, 15) is 19.5 Å². The van der Waals surface area contributed by atoms with Gasteiger partial charge in [0.05, 0.1) is 17.9 Å². The van der Waals surface area contributed by atoms with Crippen LogP contribution in [0.3, 0.4) is 0 Å². The molecule has 8 heteroatoms. The molecule has 1 N–H and O–H groups in total. The summed E-state index contributed by atoms with van der Waals surface area (Å²) in [7, 11) is 0. The molecule has 212 valence electrons. The number of fused-ring (bicyclic) bond motifs is 1. The number of benzene rings is 1. The normalized spacial score (nSPS) is 26.9. The molecule has 3 fully saturated rings. The Morgan fingerprint density at radius 3 is 2.49 bits per heavy atom. The standard InChI is InChI=1S/C31H43N3O5/c1-4-7-19-32(17-5-2)30(38)27-31-16-15-24(39-31)25(26(31)29(37)34(27)20-11-12-21-35)28(36)33(18-6-3)22-23-13-9-8-10-14-23/h5-6,8-10,13-14,24-27,35H,2-4,7,11-12,15-22H2,1H3/t24-,25+,26+,27?,31?/m1/s1. The van der Waals surface area contributed by atoms with Gasteiger partial charge in [-0.2, -0.15) is 0 Å². The van der Waals surface area contributed by atoms with Crippen molar-refractivity contribution >= 4 is 17.7 Å². The molecule has 0 radical (unpaired) electrons. The van der Waals surface area contributed by atoms with Gasteiger partial charge in [-0.3, -0.25) is 14.4 Å². The molecule has 1 aromatic carbocycles. The molecule has 3 aliphatic heterocycles. The van der Waals surface area contributed by atoms with E-state index in [0.717, 1.165) is 18.4 Å². The Bertz CT molecular complexity index is 1050. The highest BCUT2D eigenvalue weighted by molar-refractivity contribution is 5.99. The fourth-order valence-corrected chi connectivity index (χ4v) is 6.72. The van der Waals surface area contributed by atoms with Crippen LogP contribution in [-0.2, 0) is 25.7 Å². The van der Waals surface area contributed by atoms with Crippen molar-refractivity contribution in [1.82, 2.24) is 14.7 Å². The zero-order valence-electron chi connectivity index (χ0n) is 23.2. The number of rotatable bonds is 15. The van der Waals surface area contributed by atoms with E-state index in [-0.39, 0.29) is 24.3 Å². The van der Waals surface area contributed by atoms with Crippen LogP contribution in [0.15, 0.2) is 55.6 Å². The Morgan fingerprint density at radius 1 is 1.10 bits per heavy atom. The van der Waals surface area contributed by atoms with Crippen molar-refractivity contribution in [3.8, 4) is 0 Å². The fraction of sp³-hybridized carbons (Fsp3) is 0.581. The summed E-state index contributed by atoms with van der Waals surface area (Å²) < 4.78 is 6.61. The molecule has 3 saturated heterocycles. The number of nitrogens with zero attached hydrogens (tertiary/aromatic N) is 3. The summed E-state index contributed by atoms with van der Waals surface area (Å²) in [6.45, 7) is 11.9. The van der Waals surface area contributed by atoms with Crippen molar-refractivity contribution in [2.75, 3.05) is 32.8 Å². The predicted octanol–water partition coefficient (Wildman–Crippen LogP) is 3.16. The van der Waals surface area contributed by atoms with Crippen molar-refractivity contribution in [3.63, 3.8) is 0 Å². The average Bonchev–Trinajstić information content (AvgIpc) is 3.58. The molecular formula is C31H43N3O5. The number of aliphatic hydroxyl groups is 1. The van der Waals surface area contributed by atoms with Crippen LogP contribution in [0, 0.1) is 11.8 Å². The zero-order chi connectivity index (χ0) is 28.0. The summed E-state index contributed by atoms with van der Waals surface area (Å²) in [5, 5.41) is 9.38. The van der Waals surface area contributed by atoms with Gasteiger partial charge in [-0.15, -0.1) is 13.2 Å². The lowest BCUT2D eigenvalue weighted by Gasteiger charge is -2.37. The number of unbranched alkanes of at least 4 members (excludes halogenated alkanes) is 2. The predicted molar refractivity (Wildman–Crippen MR) is 149 cm³/mol. The van der Waals surface area contributed by atoms with Crippen molar-refractivity contribution in [2.24, 2.45) is 11.8 Å². The Labute approximate surface area is 232 Å². The van der Waals surface area contributed by atoms with E-state index in [0.29, 0.717) is 58.4 Å². The van der Waals surface area contributed by atoms with E-state index in [1.807, 2.05) is 30.3 Å². The molecule has 39 heavy (non-hydrogen) atoms. The van der Waals surface area contributed by atoms with E-state index < -0.39 is 29.6 Å². The maximum atomic E-state index is 14.2. The molecule has 3 aliphatic rings. The molecule has 5 atom stereocenters. The van der Waals surface area contributed by atoms with E-state index in [1.54, 1.807) is 26.9 Å². The zero-order valence-corrected chi connectivity index (χ0v) is 23.2. The Morgan fingerprint density at radius 2 is 1.82 bits per heavy atom. The van der Waals surface area contributed by atoms with E-state index >= 15 is 0 Å². The van der Waals surface area contributed by atoms with Crippen LogP contribution in [0.5, 0.6) is 0 Å². The quantitative estimate of drug-likeness (QED) is 0.274. The van der Waals surface area contributed by atoms with Crippen molar-refractivity contribution in [1.29, 1.82) is 0 Å². The van der Waals surface area contributed by atoms with Gasteiger partial charge in [-0.1, -0.05) is 55.8 Å². The van der Waals surface area contributed by atoms with Crippen LogP contribution < -0.4 is 0 Å². The minimum Gasteiger partial charge on any atom is -0.396 e. The van der Waals surface area contributed by atoms with Gasteiger partial charge in [0.25, 0.3) is 0 Å². The van der Waals surface area contributed by atoms with Crippen LogP contribution in [0.4, 0.5) is 0 Å². The number of hydrogen-bond donors (Lipinski definition) is 1. The summed E-state index contributed by atoms with van der Waals surface area (Å²) in [4.78, 5) is 47.6. The number of aliphatic hydroxyl groups excluding tert-OH is 1. The lowest BCUT2D eigenvalue weighted by molar-refractivity contribution is -0.149. The highest BCUT2D eigenvalue weighted by atomic mass is 16.5. The molecule has 2 bridgehead atoms. The van der Waals surface area contributed by atoms with Crippen molar-refractivity contribution in [2.45, 2.75) is 69.7 Å². The summed E-state index contributed by atoms with van der Waals surface area (Å²) in [6, 6.07) is 8.99. The SMILES string of the molecule is C=CCN(CCCC)C(=O)C1N(CCCCO)C(=O)[C@@H]2[C@@H](C(=O)N(CC=C)Cc3ccccc3)[C@H]3CCC12O3. The number of carbonyl (C=O) groups excluding carboxylic acids is 3. The summed E-state index contributed by atoms with van der Waals surface area (Å²) in [5.74, 6) is -1.78. The first-order valence-electron chi connectivity index (χ1n) is 14.4. The minimum atomic E-state index is -1.02. The van der Waals surface area contributed by atoms with Gasteiger partial charge in [-0.25, -0.2) is 0 Å². The number of likely N-dealkylation sites (tertiary alicyclic amines) is 1. The van der Waals surface area contributed by atoms with Gasteiger partial charge in [0.15, 0.2) is 0 Å². The van der Waals surface area contributed by atoms with E-state index in [1.165, 1.54) is 0 Å². The molecule has 3 amide bonds. The minimum absolute atomic E-state index is 0.0178. The van der Waals surface area contributed by atoms with E-state index in [2.05, 4.69) is 20.1 Å². The van der Waals surface area contributed by atoms with Gasteiger partial charge < -0.3 is 24.5 Å². The lowest BCUT2D eigenvalue weighted by Crippen LogP contribution is -2.56. The summed E-state index contributed by atoms with van der Waals surface area (Å²) in [6.07, 6.45) is 7.12. The van der Waals surface area contributed by atoms with Gasteiger partial charge in [-0.05, 0) is 37.7 Å². The maximum absolute atomic E-state index is 14.2. The second kappa shape index (κ2) is 12.9. The van der Waals surface area contributed by atoms with Crippen molar-refractivity contribution < 1.29 is 24.2 Å². The van der Waals surface area contributed by atoms with E-state index in [4.69, 9.17) is 4.74 Å². The monoisotopic (exact) mass is 537 g/mol. The molecular weight excluding hydrogens is 494 g/mol. The molecule has 1 aromatic rings. The average molecular weight is 538 g/mol. The first-order valence-corrected chi connectivity index (χ1v) is 14.4.